The van der Waals surface area contributed by atoms with Crippen molar-refractivity contribution in [2.75, 3.05) is 58.2 Å². The zero-order valence-corrected chi connectivity index (χ0v) is 33.8. The molecule has 1 spiro atoms. The standard InChI is InChI=1S/C41H54ClN5O7S/c1-26-7-5-9-36(52-4)33-13-10-30(33)21-47-24-41(16-6-8-28-19-31(42)12-14-34(28)41)25-54-37-15-11-29(20-35(37)47)38(48)44-55(51,23-26)45-39(49)43-32-17-27(18-32)22-53-40(50)46(2)3/h5,9,11-12,14-15,19-20,26-27,30,32-33,36H,6-8,10,13,16-18,21-25H2,1-4H3,(H2,43,44,45,48,49,51)/b9-5-/t26-,27?,30-,32?,33+,36-,41-,55?/m0/s1. The van der Waals surface area contributed by atoms with Gasteiger partial charge >= 0.3 is 12.1 Å². The summed E-state index contributed by atoms with van der Waals surface area (Å²) in [5, 5.41) is 3.61. The molecule has 2 heterocycles. The summed E-state index contributed by atoms with van der Waals surface area (Å²) in [5.74, 6) is 0.672. The molecule has 2 saturated carbocycles. The number of benzene rings is 2. The third kappa shape index (κ3) is 8.78. The molecule has 14 heteroatoms. The first-order valence-electron chi connectivity index (χ1n) is 19.6. The summed E-state index contributed by atoms with van der Waals surface area (Å²) in [6.45, 7) is 4.17. The predicted molar refractivity (Wildman–Crippen MR) is 213 cm³/mol. The van der Waals surface area contributed by atoms with Gasteiger partial charge in [0.15, 0.2) is 0 Å². The summed E-state index contributed by atoms with van der Waals surface area (Å²) < 4.78 is 39.4. The van der Waals surface area contributed by atoms with Crippen LogP contribution in [-0.2, 0) is 31.2 Å². The van der Waals surface area contributed by atoms with E-state index in [0.717, 1.165) is 49.4 Å². The number of ether oxygens (including phenoxy) is 3. The van der Waals surface area contributed by atoms with E-state index in [0.29, 0.717) is 50.0 Å². The smallest absolute Gasteiger partial charge is 0.409 e. The molecular formula is C41H54ClN5O7S. The summed E-state index contributed by atoms with van der Waals surface area (Å²) in [5.41, 5.74) is 3.34. The monoisotopic (exact) mass is 795 g/mol. The highest BCUT2D eigenvalue weighted by atomic mass is 35.5. The minimum Gasteiger partial charge on any atom is -0.490 e. The lowest BCUT2D eigenvalue weighted by Crippen LogP contribution is -2.51. The molecule has 7 rings (SSSR count). The fourth-order valence-corrected chi connectivity index (χ4v) is 11.1. The zero-order chi connectivity index (χ0) is 38.9. The number of hydrogen-bond donors (Lipinski definition) is 2. The SMILES string of the molecule is CO[C@H]1/C=C\C[C@H](C)CS(=O)(NC(=O)NC2CC(COC(=O)N(C)C)C2)=NC(=O)c2ccc3c(c2)N(C[C@@H]2CC[C@H]21)C[C@@]1(CCCc2cc(Cl)ccc21)CO3. The maximum atomic E-state index is 14.5. The van der Waals surface area contributed by atoms with E-state index in [2.05, 4.69) is 43.6 Å². The van der Waals surface area contributed by atoms with Crippen LogP contribution >= 0.6 is 11.6 Å². The summed E-state index contributed by atoms with van der Waals surface area (Å²) in [7, 11) is 1.45. The van der Waals surface area contributed by atoms with Gasteiger partial charge in [-0.2, -0.15) is 0 Å². The molecule has 55 heavy (non-hydrogen) atoms. The molecule has 2 aromatic carbocycles. The number of carbonyl (C=O) groups is 3. The first-order valence-corrected chi connectivity index (χ1v) is 21.6. The van der Waals surface area contributed by atoms with Crippen LogP contribution in [0.5, 0.6) is 5.75 Å². The Morgan fingerprint density at radius 3 is 2.73 bits per heavy atom. The molecule has 5 aliphatic rings. The van der Waals surface area contributed by atoms with Gasteiger partial charge in [0.2, 0.25) is 0 Å². The second-order valence-electron chi connectivity index (χ2n) is 16.5. The average Bonchev–Trinajstić information content (AvgIpc) is 3.26. The molecule has 298 valence electrons. The Morgan fingerprint density at radius 2 is 1.98 bits per heavy atom. The number of anilines is 1. The summed E-state index contributed by atoms with van der Waals surface area (Å²) in [6, 6.07) is 10.7. The lowest BCUT2D eigenvalue weighted by Gasteiger charge is -2.46. The van der Waals surface area contributed by atoms with E-state index in [-0.39, 0.29) is 47.3 Å². The summed E-state index contributed by atoms with van der Waals surface area (Å²) >= 11 is 6.46. The second kappa shape index (κ2) is 16.3. The van der Waals surface area contributed by atoms with Crippen molar-refractivity contribution in [3.8, 4) is 5.75 Å². The van der Waals surface area contributed by atoms with E-state index in [1.807, 2.05) is 25.1 Å². The van der Waals surface area contributed by atoms with Crippen molar-refractivity contribution in [3.05, 3.63) is 70.3 Å². The topological polar surface area (TPSA) is 139 Å². The minimum absolute atomic E-state index is 0.0138. The van der Waals surface area contributed by atoms with Crippen molar-refractivity contribution in [3.63, 3.8) is 0 Å². The first-order chi connectivity index (χ1) is 26.3. The highest BCUT2D eigenvalue weighted by molar-refractivity contribution is 7.92. The Kier molecular flexibility index (Phi) is 11.7. The number of amides is 4. The molecule has 6 atom stereocenters. The molecule has 1 unspecified atom stereocenters. The highest BCUT2D eigenvalue weighted by Gasteiger charge is 2.44. The van der Waals surface area contributed by atoms with Crippen molar-refractivity contribution in [2.45, 2.75) is 75.9 Å². The predicted octanol–water partition coefficient (Wildman–Crippen LogP) is 6.75. The van der Waals surface area contributed by atoms with Gasteiger partial charge in [-0.3, -0.25) is 9.52 Å². The molecule has 2 aromatic rings. The Hall–Kier alpha value is -3.81. The normalized spacial score (nSPS) is 32.2. The van der Waals surface area contributed by atoms with E-state index >= 15 is 0 Å². The van der Waals surface area contributed by atoms with Crippen molar-refractivity contribution >= 4 is 45.2 Å². The second-order valence-corrected chi connectivity index (χ2v) is 19.0. The average molecular weight is 796 g/mol. The molecule has 2 aliphatic heterocycles. The van der Waals surface area contributed by atoms with Crippen LogP contribution < -0.4 is 19.7 Å². The number of fused-ring (bicyclic) bond motifs is 4. The number of nitrogens with zero attached hydrogens (tertiary/aromatic N) is 3. The van der Waals surface area contributed by atoms with Crippen molar-refractivity contribution in [1.82, 2.24) is 14.9 Å². The molecular weight excluding hydrogens is 742 g/mol. The molecule has 0 saturated heterocycles. The lowest BCUT2D eigenvalue weighted by atomic mass is 9.68. The van der Waals surface area contributed by atoms with E-state index in [4.69, 9.17) is 25.8 Å². The van der Waals surface area contributed by atoms with Crippen LogP contribution in [0.1, 0.15) is 73.4 Å². The van der Waals surface area contributed by atoms with Gasteiger partial charge in [-0.25, -0.2) is 13.8 Å². The van der Waals surface area contributed by atoms with Crippen LogP contribution in [0.3, 0.4) is 0 Å². The first kappa shape index (κ1) is 39.4. The van der Waals surface area contributed by atoms with Crippen molar-refractivity contribution in [1.29, 1.82) is 0 Å². The highest BCUT2D eigenvalue weighted by Crippen LogP contribution is 2.47. The van der Waals surface area contributed by atoms with Crippen LogP contribution in [0, 0.1) is 23.7 Å². The van der Waals surface area contributed by atoms with Crippen LogP contribution in [0.4, 0.5) is 15.3 Å². The Balaban J connectivity index is 1.17. The number of nitrogens with one attached hydrogen (secondary N) is 2. The van der Waals surface area contributed by atoms with Crippen LogP contribution in [0.2, 0.25) is 5.02 Å². The molecule has 0 aromatic heterocycles. The fourth-order valence-electron chi connectivity index (χ4n) is 9.03. The fraction of sp³-hybridized carbons (Fsp3) is 0.585. The van der Waals surface area contributed by atoms with E-state index < -0.39 is 27.9 Å². The number of halogens is 1. The van der Waals surface area contributed by atoms with E-state index in [1.165, 1.54) is 16.0 Å². The molecule has 2 N–H and O–H groups in total. The van der Waals surface area contributed by atoms with Gasteiger partial charge < -0.3 is 29.3 Å². The van der Waals surface area contributed by atoms with Crippen LogP contribution in [0.25, 0.3) is 0 Å². The number of rotatable bonds is 5. The van der Waals surface area contributed by atoms with E-state index in [9.17, 15) is 18.6 Å². The third-order valence-electron chi connectivity index (χ3n) is 12.1. The molecule has 0 radical (unpaired) electrons. The number of methoxy groups -OCH3 is 1. The largest absolute Gasteiger partial charge is 0.490 e. The van der Waals surface area contributed by atoms with Crippen LogP contribution in [0.15, 0.2) is 52.9 Å². The van der Waals surface area contributed by atoms with Gasteiger partial charge in [-0.05, 0) is 116 Å². The van der Waals surface area contributed by atoms with Gasteiger partial charge in [-0.1, -0.05) is 36.7 Å². The Morgan fingerprint density at radius 1 is 1.16 bits per heavy atom. The number of aryl methyl sites for hydroxylation is 1. The quantitative estimate of drug-likeness (QED) is 0.317. The maximum Gasteiger partial charge on any atom is 0.409 e. The summed E-state index contributed by atoms with van der Waals surface area (Å²) in [6.07, 6.45) is 10.6. The van der Waals surface area contributed by atoms with Gasteiger partial charge in [-0.15, -0.1) is 4.36 Å². The number of hydrogen-bond acceptors (Lipinski definition) is 8. The Labute approximate surface area is 330 Å². The minimum atomic E-state index is -3.55. The maximum absolute atomic E-state index is 14.5. The lowest BCUT2D eigenvalue weighted by molar-refractivity contribution is 0.0131. The Bertz CT molecular complexity index is 1940. The summed E-state index contributed by atoms with van der Waals surface area (Å²) in [4.78, 5) is 42.9. The number of urea groups is 1. The van der Waals surface area contributed by atoms with E-state index in [1.54, 1.807) is 27.3 Å². The molecule has 4 amide bonds. The van der Waals surface area contributed by atoms with Crippen molar-refractivity contribution < 1.29 is 32.8 Å². The van der Waals surface area contributed by atoms with Gasteiger partial charge in [0, 0.05) is 56.3 Å². The molecule has 2 fully saturated rings. The molecule has 12 nitrogen and oxygen atoms in total. The van der Waals surface area contributed by atoms with Gasteiger partial charge in [0.1, 0.15) is 15.7 Å². The number of carbonyl (C=O) groups excluding carboxylic acids is 3. The zero-order valence-electron chi connectivity index (χ0n) is 32.3. The van der Waals surface area contributed by atoms with Gasteiger partial charge in [0.05, 0.1) is 30.8 Å². The third-order valence-corrected chi connectivity index (χ3v) is 14.4. The molecule has 3 aliphatic carbocycles. The van der Waals surface area contributed by atoms with Gasteiger partial charge in [0.25, 0.3) is 5.91 Å². The van der Waals surface area contributed by atoms with Crippen LogP contribution in [-0.4, -0.2) is 92.5 Å². The number of allylic oxidation sites excluding steroid dienone is 1. The molecule has 2 bridgehead atoms. The van der Waals surface area contributed by atoms with Crippen molar-refractivity contribution in [2.24, 2.45) is 28.0 Å².